The molecular weight excluding hydrogens is 228 g/mol. The Hall–Kier alpha value is -0.610. The van der Waals surface area contributed by atoms with Crippen LogP contribution >= 0.6 is 0 Å². The highest BCUT2D eigenvalue weighted by Crippen LogP contribution is 2.19. The zero-order chi connectivity index (χ0) is 12.8. The summed E-state index contributed by atoms with van der Waals surface area (Å²) in [6.07, 6.45) is 6.72. The topological polar surface area (TPSA) is 50.4 Å². The highest BCUT2D eigenvalue weighted by molar-refractivity contribution is 5.82. The second-order valence-electron chi connectivity index (χ2n) is 5.60. The molecular formula is C14H26N2O2. The normalized spacial score (nSPS) is 28.4. The van der Waals surface area contributed by atoms with Crippen molar-refractivity contribution < 1.29 is 9.53 Å². The van der Waals surface area contributed by atoms with Crippen molar-refractivity contribution in [3.05, 3.63) is 0 Å². The van der Waals surface area contributed by atoms with E-state index in [4.69, 9.17) is 4.74 Å². The van der Waals surface area contributed by atoms with Crippen molar-refractivity contribution in [2.24, 2.45) is 5.92 Å². The first kappa shape index (κ1) is 13.8. The zero-order valence-corrected chi connectivity index (χ0v) is 11.4. The minimum atomic E-state index is 0.0230. The second-order valence-corrected chi connectivity index (χ2v) is 5.60. The molecule has 0 aromatic carbocycles. The van der Waals surface area contributed by atoms with Gasteiger partial charge in [-0.25, -0.2) is 0 Å². The molecule has 2 unspecified atom stereocenters. The largest absolute Gasteiger partial charge is 0.381 e. The van der Waals surface area contributed by atoms with Crippen molar-refractivity contribution in [3.8, 4) is 0 Å². The maximum absolute atomic E-state index is 12.2. The first-order valence-corrected chi connectivity index (χ1v) is 7.39. The third-order valence-corrected chi connectivity index (χ3v) is 4.22. The zero-order valence-electron chi connectivity index (χ0n) is 11.4. The molecule has 18 heavy (non-hydrogen) atoms. The van der Waals surface area contributed by atoms with Gasteiger partial charge in [0.05, 0.1) is 6.04 Å². The van der Waals surface area contributed by atoms with Crippen LogP contribution in [0.1, 0.15) is 45.4 Å². The predicted octanol–water partition coefficient (Wildman–Crippen LogP) is 1.45. The highest BCUT2D eigenvalue weighted by atomic mass is 16.5. The number of hydrogen-bond acceptors (Lipinski definition) is 3. The van der Waals surface area contributed by atoms with Crippen molar-refractivity contribution in [3.63, 3.8) is 0 Å². The van der Waals surface area contributed by atoms with Crippen LogP contribution in [0.25, 0.3) is 0 Å². The third-order valence-electron chi connectivity index (χ3n) is 4.22. The van der Waals surface area contributed by atoms with Crippen LogP contribution < -0.4 is 10.6 Å². The van der Waals surface area contributed by atoms with Gasteiger partial charge in [-0.1, -0.05) is 12.8 Å². The number of carbonyl (C=O) groups excluding carboxylic acids is 1. The van der Waals surface area contributed by atoms with Crippen LogP contribution in [0.3, 0.4) is 0 Å². The summed E-state index contributed by atoms with van der Waals surface area (Å²) in [5.41, 5.74) is 0. The Morgan fingerprint density at radius 3 is 2.78 bits per heavy atom. The summed E-state index contributed by atoms with van der Waals surface area (Å²) in [6.45, 7) is 4.79. The fourth-order valence-electron chi connectivity index (χ4n) is 2.91. The molecule has 0 bridgehead atoms. The molecule has 2 fully saturated rings. The Balaban J connectivity index is 1.77. The van der Waals surface area contributed by atoms with Crippen molar-refractivity contribution in [2.75, 3.05) is 19.8 Å². The Morgan fingerprint density at radius 1 is 1.22 bits per heavy atom. The van der Waals surface area contributed by atoms with Gasteiger partial charge in [-0.3, -0.25) is 4.79 Å². The van der Waals surface area contributed by atoms with Gasteiger partial charge < -0.3 is 15.4 Å². The molecule has 2 rings (SSSR count). The Morgan fingerprint density at radius 2 is 2.00 bits per heavy atom. The van der Waals surface area contributed by atoms with Gasteiger partial charge in [0.15, 0.2) is 0 Å². The summed E-state index contributed by atoms with van der Waals surface area (Å²) < 4.78 is 5.36. The number of nitrogens with one attached hydrogen (secondary N) is 2. The first-order valence-electron chi connectivity index (χ1n) is 7.39. The van der Waals surface area contributed by atoms with E-state index in [0.29, 0.717) is 5.92 Å². The molecule has 0 aromatic heterocycles. The van der Waals surface area contributed by atoms with Crippen LogP contribution in [0.15, 0.2) is 0 Å². The molecule has 4 nitrogen and oxygen atoms in total. The number of hydrogen-bond donors (Lipinski definition) is 2. The van der Waals surface area contributed by atoms with E-state index in [1.54, 1.807) is 0 Å². The van der Waals surface area contributed by atoms with E-state index in [1.807, 2.05) is 0 Å². The maximum Gasteiger partial charge on any atom is 0.237 e. The standard InChI is InChI=1S/C14H26N2O2/c1-11(12-6-9-18-10-7-12)16-14(17)13-5-3-2-4-8-15-13/h11-13,15H,2-10H2,1H3,(H,16,17). The van der Waals surface area contributed by atoms with E-state index >= 15 is 0 Å². The molecule has 2 aliphatic rings. The summed E-state index contributed by atoms with van der Waals surface area (Å²) >= 11 is 0. The second kappa shape index (κ2) is 7.10. The average molecular weight is 254 g/mol. The molecule has 2 N–H and O–H groups in total. The summed E-state index contributed by atoms with van der Waals surface area (Å²) in [5, 5.41) is 6.54. The molecule has 2 heterocycles. The number of carbonyl (C=O) groups is 1. The number of amides is 1. The van der Waals surface area contributed by atoms with Gasteiger partial charge >= 0.3 is 0 Å². The van der Waals surface area contributed by atoms with E-state index in [9.17, 15) is 4.79 Å². The number of rotatable bonds is 3. The van der Waals surface area contributed by atoms with E-state index in [-0.39, 0.29) is 18.0 Å². The van der Waals surface area contributed by atoms with Crippen molar-refractivity contribution in [1.82, 2.24) is 10.6 Å². The van der Waals surface area contributed by atoms with Crippen molar-refractivity contribution in [1.29, 1.82) is 0 Å². The molecule has 104 valence electrons. The van der Waals surface area contributed by atoms with Crippen LogP contribution in [0.4, 0.5) is 0 Å². The Kier molecular flexibility index (Phi) is 5.45. The monoisotopic (exact) mass is 254 g/mol. The summed E-state index contributed by atoms with van der Waals surface area (Å²) in [4.78, 5) is 12.2. The van der Waals surface area contributed by atoms with Gasteiger partial charge in [-0.05, 0) is 45.1 Å². The maximum atomic E-state index is 12.2. The molecule has 2 saturated heterocycles. The molecule has 0 spiro atoms. The van der Waals surface area contributed by atoms with Crippen molar-refractivity contribution in [2.45, 2.75) is 57.5 Å². The van der Waals surface area contributed by atoms with Gasteiger partial charge in [0.2, 0.25) is 5.91 Å². The van der Waals surface area contributed by atoms with Gasteiger partial charge in [0.1, 0.15) is 0 Å². The van der Waals surface area contributed by atoms with Crippen LogP contribution in [-0.2, 0) is 9.53 Å². The molecule has 1 amide bonds. The fraction of sp³-hybridized carbons (Fsp3) is 0.929. The smallest absolute Gasteiger partial charge is 0.237 e. The summed E-state index contributed by atoms with van der Waals surface area (Å²) in [6, 6.07) is 0.293. The van der Waals surface area contributed by atoms with Gasteiger partial charge in [-0.15, -0.1) is 0 Å². The fourth-order valence-corrected chi connectivity index (χ4v) is 2.91. The quantitative estimate of drug-likeness (QED) is 0.801. The van der Waals surface area contributed by atoms with Crippen LogP contribution in [0, 0.1) is 5.92 Å². The first-order chi connectivity index (χ1) is 8.77. The van der Waals surface area contributed by atoms with Gasteiger partial charge in [-0.2, -0.15) is 0 Å². The highest BCUT2D eigenvalue weighted by Gasteiger charge is 2.25. The minimum Gasteiger partial charge on any atom is -0.381 e. The van der Waals surface area contributed by atoms with Crippen LogP contribution in [0.2, 0.25) is 0 Å². The predicted molar refractivity (Wildman–Crippen MR) is 71.4 cm³/mol. The molecule has 4 heteroatoms. The van der Waals surface area contributed by atoms with Crippen molar-refractivity contribution >= 4 is 5.91 Å². The molecule has 0 saturated carbocycles. The lowest BCUT2D eigenvalue weighted by atomic mass is 9.92. The minimum absolute atomic E-state index is 0.0230. The Bertz CT molecular complexity index is 257. The van der Waals surface area contributed by atoms with E-state index in [2.05, 4.69) is 17.6 Å². The lowest BCUT2D eigenvalue weighted by molar-refractivity contribution is -0.124. The van der Waals surface area contributed by atoms with Crippen LogP contribution in [0.5, 0.6) is 0 Å². The van der Waals surface area contributed by atoms with Gasteiger partial charge in [0.25, 0.3) is 0 Å². The van der Waals surface area contributed by atoms with Crippen LogP contribution in [-0.4, -0.2) is 37.7 Å². The van der Waals surface area contributed by atoms with Gasteiger partial charge in [0, 0.05) is 19.3 Å². The molecule has 0 aliphatic carbocycles. The molecule has 2 atom stereocenters. The van der Waals surface area contributed by atoms with E-state index in [0.717, 1.165) is 45.4 Å². The average Bonchev–Trinajstić information content (AvgIpc) is 2.68. The SMILES string of the molecule is CC(NC(=O)C1CCCCCN1)C1CCOCC1. The number of ether oxygens (including phenoxy) is 1. The lowest BCUT2D eigenvalue weighted by Crippen LogP contribution is -2.49. The molecule has 0 aromatic rings. The third kappa shape index (κ3) is 3.95. The summed E-state index contributed by atoms with van der Waals surface area (Å²) in [7, 11) is 0. The Labute approximate surface area is 110 Å². The lowest BCUT2D eigenvalue weighted by Gasteiger charge is -2.29. The molecule has 0 radical (unpaired) electrons. The van der Waals surface area contributed by atoms with E-state index < -0.39 is 0 Å². The van der Waals surface area contributed by atoms with E-state index in [1.165, 1.54) is 12.8 Å². The molecule has 2 aliphatic heterocycles. The summed E-state index contributed by atoms with van der Waals surface area (Å²) in [5.74, 6) is 0.768.